The molecule has 2 aromatic heterocycles. The summed E-state index contributed by atoms with van der Waals surface area (Å²) >= 11 is -3.67. The molecule has 0 radical (unpaired) electrons. The Bertz CT molecular complexity index is 1410. The van der Waals surface area contributed by atoms with E-state index in [9.17, 15) is 0 Å². The van der Waals surface area contributed by atoms with Gasteiger partial charge in [0.1, 0.15) is 0 Å². The summed E-state index contributed by atoms with van der Waals surface area (Å²) in [5, 5.41) is 4.85. The van der Waals surface area contributed by atoms with Gasteiger partial charge in [-0.15, -0.1) is 0 Å². The molecule has 2 nitrogen and oxygen atoms in total. The molecule has 0 fully saturated rings. The topological polar surface area (TPSA) is 9.86 Å². The Morgan fingerprint density at radius 1 is 0.359 bits per heavy atom. The van der Waals surface area contributed by atoms with Crippen LogP contribution in [-0.4, -0.2) is 8.68 Å². The molecule has 0 bridgehead atoms. The summed E-state index contributed by atoms with van der Waals surface area (Å²) in [6, 6.07) is 51.5. The average Bonchev–Trinajstić information content (AvgIpc) is 3.72. The van der Waals surface area contributed by atoms with Crippen LogP contribution in [0.4, 0.5) is 0 Å². The SMILES string of the molecule is [Cl][Pd]([Cl])([PH](c1ccccc1)(c1ccccc1)n1cccc1)[PH](c1ccccc1)(c1ccccc1)n1cccc1. The van der Waals surface area contributed by atoms with E-state index < -0.39 is 23.7 Å². The van der Waals surface area contributed by atoms with E-state index in [0.717, 1.165) is 0 Å². The number of aromatic nitrogens is 2. The normalized spacial score (nSPS) is 13.6. The summed E-state index contributed by atoms with van der Waals surface area (Å²) in [5.41, 5.74) is -6.24. The quantitative estimate of drug-likeness (QED) is 0.116. The molecule has 0 spiro atoms. The van der Waals surface area contributed by atoms with Crippen LogP contribution >= 0.6 is 30.3 Å². The Labute approximate surface area is 241 Å². The first-order chi connectivity index (χ1) is 19.1. The Hall–Kier alpha value is -2.46. The first kappa shape index (κ1) is 26.7. The van der Waals surface area contributed by atoms with Crippen molar-refractivity contribution in [1.29, 1.82) is 0 Å². The number of hydrogen-bond acceptors (Lipinski definition) is 0. The zero-order valence-corrected chi connectivity index (χ0v) is 26.2. The van der Waals surface area contributed by atoms with Crippen LogP contribution in [0.25, 0.3) is 0 Å². The van der Waals surface area contributed by atoms with Crippen LogP contribution in [0, 0.1) is 0 Å². The van der Waals surface area contributed by atoms with Crippen molar-refractivity contribution in [3.8, 4) is 0 Å². The maximum atomic E-state index is 8.50. The molecule has 202 valence electrons. The molecular formula is C32H30Cl2N2P2Pd. The third-order valence-electron chi connectivity index (χ3n) is 7.02. The molecular weight excluding hydrogens is 652 g/mol. The number of hydrogen-bond donors (Lipinski definition) is 0. The van der Waals surface area contributed by atoms with Crippen molar-refractivity contribution in [2.45, 2.75) is 0 Å². The fraction of sp³-hybridized carbons (Fsp3) is 0. The first-order valence-electron chi connectivity index (χ1n) is 12.7. The molecule has 7 heteroatoms. The van der Waals surface area contributed by atoms with E-state index >= 15 is 0 Å². The summed E-state index contributed by atoms with van der Waals surface area (Å²) in [5.74, 6) is 0. The molecule has 0 saturated carbocycles. The van der Waals surface area contributed by atoms with Crippen LogP contribution in [0.5, 0.6) is 0 Å². The van der Waals surface area contributed by atoms with Crippen molar-refractivity contribution >= 4 is 51.5 Å². The Morgan fingerprint density at radius 3 is 0.821 bits per heavy atom. The van der Waals surface area contributed by atoms with Gasteiger partial charge >= 0.3 is 243 Å². The van der Waals surface area contributed by atoms with Gasteiger partial charge in [0.15, 0.2) is 0 Å². The molecule has 6 aromatic rings. The van der Waals surface area contributed by atoms with E-state index in [2.05, 4.69) is 179 Å². The third kappa shape index (κ3) is 4.20. The van der Waals surface area contributed by atoms with Gasteiger partial charge in [0.05, 0.1) is 0 Å². The minimum absolute atomic E-state index is 1.21. The van der Waals surface area contributed by atoms with Crippen LogP contribution in [0.15, 0.2) is 170 Å². The van der Waals surface area contributed by atoms with Gasteiger partial charge in [-0.25, -0.2) is 0 Å². The summed E-state index contributed by atoms with van der Waals surface area (Å²) in [6.45, 7) is 0. The molecule has 0 unspecified atom stereocenters. The second kappa shape index (κ2) is 11.2. The summed E-state index contributed by atoms with van der Waals surface area (Å²) < 4.78 is 4.79. The molecule has 0 aliphatic rings. The van der Waals surface area contributed by atoms with E-state index in [1.54, 1.807) is 0 Å². The van der Waals surface area contributed by atoms with Crippen LogP contribution in [0.1, 0.15) is 0 Å². The van der Waals surface area contributed by atoms with Gasteiger partial charge in [0.2, 0.25) is 0 Å². The summed E-state index contributed by atoms with van der Waals surface area (Å²) in [4.78, 5) is 0. The number of nitrogens with zero attached hydrogens (tertiary/aromatic N) is 2. The number of rotatable bonds is 8. The van der Waals surface area contributed by atoms with Gasteiger partial charge < -0.3 is 0 Å². The van der Waals surface area contributed by atoms with Crippen molar-refractivity contribution in [2.24, 2.45) is 0 Å². The Morgan fingerprint density at radius 2 is 0.590 bits per heavy atom. The molecule has 0 saturated heterocycles. The first-order valence-corrected chi connectivity index (χ1v) is 24.9. The van der Waals surface area contributed by atoms with Crippen LogP contribution < -0.4 is 21.2 Å². The van der Waals surface area contributed by atoms with Gasteiger partial charge in [-0.3, -0.25) is 0 Å². The predicted octanol–water partition coefficient (Wildman–Crippen LogP) is 7.61. The molecule has 6 rings (SSSR count). The van der Waals surface area contributed by atoms with E-state index in [-0.39, 0.29) is 0 Å². The van der Waals surface area contributed by atoms with Crippen molar-refractivity contribution in [2.75, 3.05) is 0 Å². The van der Waals surface area contributed by atoms with Crippen LogP contribution in [-0.2, 0) is 12.5 Å². The van der Waals surface area contributed by atoms with Gasteiger partial charge in [0, 0.05) is 0 Å². The maximum absolute atomic E-state index is 8.50. The van der Waals surface area contributed by atoms with Crippen molar-refractivity contribution in [1.82, 2.24) is 8.68 Å². The van der Waals surface area contributed by atoms with E-state index in [0.29, 0.717) is 0 Å². The zero-order valence-electron chi connectivity index (χ0n) is 21.1. The number of halogens is 2. The van der Waals surface area contributed by atoms with E-state index in [1.807, 2.05) is 0 Å². The second-order valence-corrected chi connectivity index (χ2v) is 40.5. The molecule has 0 aliphatic heterocycles. The van der Waals surface area contributed by atoms with Crippen LogP contribution in [0.3, 0.4) is 0 Å². The van der Waals surface area contributed by atoms with E-state index in [4.69, 9.17) is 19.1 Å². The molecule has 0 amide bonds. The summed E-state index contributed by atoms with van der Waals surface area (Å²) in [6.07, 6.45) is 8.69. The summed E-state index contributed by atoms with van der Waals surface area (Å²) in [7, 11) is 17.0. The standard InChI is InChI=1S/2C16H14NP.2ClH.Pd/c2*1-3-9-15(10-4-1)18(17-13-7-8-14-17)16-11-5-2-6-12-16;;;/h2*1-14H;2*1H;. The monoisotopic (exact) mass is 680 g/mol. The van der Waals surface area contributed by atoms with Crippen molar-refractivity contribution < 1.29 is 12.5 Å². The molecule has 39 heavy (non-hydrogen) atoms. The average molecular weight is 682 g/mol. The van der Waals surface area contributed by atoms with Gasteiger partial charge in [-0.1, -0.05) is 0 Å². The van der Waals surface area contributed by atoms with Gasteiger partial charge in [0.25, 0.3) is 0 Å². The third-order valence-corrected chi connectivity index (χ3v) is 51.0. The fourth-order valence-electron chi connectivity index (χ4n) is 5.42. The zero-order chi connectivity index (χ0) is 26.8. The number of benzene rings is 4. The van der Waals surface area contributed by atoms with Crippen molar-refractivity contribution in [3.63, 3.8) is 0 Å². The van der Waals surface area contributed by atoms with E-state index in [1.165, 1.54) is 21.2 Å². The molecule has 2 heterocycles. The fourth-order valence-corrected chi connectivity index (χ4v) is 58.7. The predicted molar refractivity (Wildman–Crippen MR) is 172 cm³/mol. The Balaban J connectivity index is 1.84. The molecule has 0 atom stereocenters. The second-order valence-electron chi connectivity index (χ2n) is 9.16. The van der Waals surface area contributed by atoms with Gasteiger partial charge in [-0.2, -0.15) is 0 Å². The Kier molecular flexibility index (Phi) is 7.68. The molecule has 0 N–H and O–H groups in total. The van der Waals surface area contributed by atoms with Crippen LogP contribution in [0.2, 0.25) is 0 Å². The molecule has 0 aliphatic carbocycles. The molecule has 4 aromatic carbocycles. The van der Waals surface area contributed by atoms with Crippen molar-refractivity contribution in [3.05, 3.63) is 170 Å². The minimum atomic E-state index is -3.67. The van der Waals surface area contributed by atoms with Gasteiger partial charge in [-0.05, 0) is 0 Å².